The van der Waals surface area contributed by atoms with Gasteiger partial charge in [-0.25, -0.2) is 4.79 Å². The molecule has 0 saturated carbocycles. The van der Waals surface area contributed by atoms with Gasteiger partial charge in [0, 0.05) is 38.8 Å². The molecule has 0 spiro atoms. The third-order valence-corrected chi connectivity index (χ3v) is 2.98. The molecule has 7 nitrogen and oxygen atoms in total. The van der Waals surface area contributed by atoms with E-state index in [9.17, 15) is 9.59 Å². The fourth-order valence-electron chi connectivity index (χ4n) is 2.10. The van der Waals surface area contributed by atoms with Crippen LogP contribution in [0, 0.1) is 5.92 Å². The second-order valence-corrected chi connectivity index (χ2v) is 4.50. The molecular formula is C11H16N4O3. The van der Waals surface area contributed by atoms with Crippen molar-refractivity contribution < 1.29 is 14.7 Å². The Bertz CT molecular complexity index is 457. The van der Waals surface area contributed by atoms with Crippen molar-refractivity contribution in [2.45, 2.75) is 12.8 Å². The van der Waals surface area contributed by atoms with Gasteiger partial charge in [0.2, 0.25) is 0 Å². The molecule has 18 heavy (non-hydrogen) atoms. The molecule has 2 heterocycles. The predicted molar refractivity (Wildman–Crippen MR) is 64.2 cm³/mol. The number of hydrogen-bond acceptors (Lipinski definition) is 3. The van der Waals surface area contributed by atoms with E-state index in [0.717, 1.165) is 6.42 Å². The first-order valence-corrected chi connectivity index (χ1v) is 5.82. The first kappa shape index (κ1) is 12.4. The molecule has 1 aliphatic heterocycles. The van der Waals surface area contributed by atoms with E-state index in [-0.39, 0.29) is 18.4 Å². The number of rotatable bonds is 3. The van der Waals surface area contributed by atoms with E-state index in [4.69, 9.17) is 5.11 Å². The lowest BCUT2D eigenvalue weighted by atomic mass is 10.1. The Balaban J connectivity index is 1.85. The summed E-state index contributed by atoms with van der Waals surface area (Å²) in [6.45, 7) is 1.08. The van der Waals surface area contributed by atoms with Crippen LogP contribution in [0.4, 0.5) is 10.6 Å². The van der Waals surface area contributed by atoms with Gasteiger partial charge in [0.15, 0.2) is 5.82 Å². The molecule has 1 saturated heterocycles. The summed E-state index contributed by atoms with van der Waals surface area (Å²) >= 11 is 0. The largest absolute Gasteiger partial charge is 0.481 e. The molecular weight excluding hydrogens is 236 g/mol. The molecule has 2 amide bonds. The Morgan fingerprint density at radius 1 is 1.61 bits per heavy atom. The molecule has 0 aromatic carbocycles. The number of nitrogens with one attached hydrogen (secondary N) is 1. The monoisotopic (exact) mass is 252 g/mol. The van der Waals surface area contributed by atoms with E-state index in [2.05, 4.69) is 10.4 Å². The van der Waals surface area contributed by atoms with Crippen LogP contribution in [0.2, 0.25) is 0 Å². The molecule has 1 fully saturated rings. The normalized spacial score (nSPS) is 18.9. The first-order chi connectivity index (χ1) is 8.54. The number of carboxylic acid groups (broad SMARTS) is 1. The maximum Gasteiger partial charge on any atom is 0.323 e. The van der Waals surface area contributed by atoms with Crippen molar-refractivity contribution in [3.63, 3.8) is 0 Å². The molecule has 1 aliphatic rings. The number of anilines is 1. The highest BCUT2D eigenvalue weighted by Crippen LogP contribution is 2.20. The van der Waals surface area contributed by atoms with Crippen LogP contribution in [0.5, 0.6) is 0 Å². The second kappa shape index (κ2) is 5.07. The Morgan fingerprint density at radius 2 is 2.39 bits per heavy atom. The van der Waals surface area contributed by atoms with Crippen molar-refractivity contribution in [3.8, 4) is 0 Å². The molecule has 1 unspecified atom stereocenters. The van der Waals surface area contributed by atoms with Crippen molar-refractivity contribution in [3.05, 3.63) is 12.3 Å². The van der Waals surface area contributed by atoms with Crippen molar-refractivity contribution in [2.24, 2.45) is 13.0 Å². The van der Waals surface area contributed by atoms with Gasteiger partial charge in [-0.3, -0.25) is 14.8 Å². The number of hydrogen-bond donors (Lipinski definition) is 2. The van der Waals surface area contributed by atoms with Gasteiger partial charge < -0.3 is 10.0 Å². The maximum atomic E-state index is 11.9. The Hall–Kier alpha value is -2.05. The van der Waals surface area contributed by atoms with Gasteiger partial charge in [-0.15, -0.1) is 0 Å². The number of carboxylic acids is 1. The summed E-state index contributed by atoms with van der Waals surface area (Å²) in [5.41, 5.74) is 0. The van der Waals surface area contributed by atoms with Crippen LogP contribution >= 0.6 is 0 Å². The number of likely N-dealkylation sites (tertiary alicyclic amines) is 1. The van der Waals surface area contributed by atoms with Crippen LogP contribution in [0.15, 0.2) is 12.3 Å². The van der Waals surface area contributed by atoms with Crippen molar-refractivity contribution in [1.29, 1.82) is 0 Å². The first-order valence-electron chi connectivity index (χ1n) is 5.82. The average Bonchev–Trinajstić information content (AvgIpc) is 2.87. The lowest BCUT2D eigenvalue weighted by Crippen LogP contribution is -2.33. The van der Waals surface area contributed by atoms with Gasteiger partial charge in [-0.1, -0.05) is 0 Å². The summed E-state index contributed by atoms with van der Waals surface area (Å²) in [5, 5.41) is 15.4. The van der Waals surface area contributed by atoms with E-state index in [1.54, 1.807) is 28.9 Å². The summed E-state index contributed by atoms with van der Waals surface area (Å²) in [6.07, 6.45) is 2.60. The van der Waals surface area contributed by atoms with Gasteiger partial charge in [0.1, 0.15) is 0 Å². The van der Waals surface area contributed by atoms with Crippen LogP contribution in [0.25, 0.3) is 0 Å². The number of carbonyl (C=O) groups excluding carboxylic acids is 1. The van der Waals surface area contributed by atoms with E-state index in [0.29, 0.717) is 18.9 Å². The molecule has 0 radical (unpaired) electrons. The molecule has 2 N–H and O–H groups in total. The molecule has 7 heteroatoms. The summed E-state index contributed by atoms with van der Waals surface area (Å²) in [5.74, 6) is -0.256. The third kappa shape index (κ3) is 2.99. The third-order valence-electron chi connectivity index (χ3n) is 2.98. The minimum absolute atomic E-state index is 0.0528. The van der Waals surface area contributed by atoms with Gasteiger partial charge in [-0.2, -0.15) is 5.10 Å². The van der Waals surface area contributed by atoms with Crippen LogP contribution < -0.4 is 5.32 Å². The topological polar surface area (TPSA) is 87.5 Å². The van der Waals surface area contributed by atoms with E-state index >= 15 is 0 Å². The van der Waals surface area contributed by atoms with Gasteiger partial charge >= 0.3 is 12.0 Å². The minimum atomic E-state index is -0.813. The average molecular weight is 252 g/mol. The van der Waals surface area contributed by atoms with Crippen LogP contribution in [0.1, 0.15) is 12.8 Å². The zero-order valence-electron chi connectivity index (χ0n) is 10.2. The van der Waals surface area contributed by atoms with Gasteiger partial charge in [0.05, 0.1) is 0 Å². The number of urea groups is 1. The SMILES string of the molecule is Cn1ccc(NC(=O)N2CCC(CC(=O)O)C2)n1. The summed E-state index contributed by atoms with van der Waals surface area (Å²) < 4.78 is 1.60. The minimum Gasteiger partial charge on any atom is -0.481 e. The highest BCUT2D eigenvalue weighted by molar-refractivity contribution is 5.88. The number of aromatic nitrogens is 2. The summed E-state index contributed by atoms with van der Waals surface area (Å²) in [4.78, 5) is 24.1. The highest BCUT2D eigenvalue weighted by Gasteiger charge is 2.27. The summed E-state index contributed by atoms with van der Waals surface area (Å²) in [6, 6.07) is 1.49. The molecule has 1 aromatic rings. The van der Waals surface area contributed by atoms with E-state index in [1.807, 2.05) is 0 Å². The van der Waals surface area contributed by atoms with Gasteiger partial charge in [-0.05, 0) is 12.3 Å². The molecule has 2 rings (SSSR count). The highest BCUT2D eigenvalue weighted by atomic mass is 16.4. The van der Waals surface area contributed by atoms with E-state index in [1.165, 1.54) is 0 Å². The molecule has 0 aliphatic carbocycles. The Kier molecular flexibility index (Phi) is 3.50. The zero-order valence-corrected chi connectivity index (χ0v) is 10.2. The fraction of sp³-hybridized carbons (Fsp3) is 0.545. The molecule has 1 atom stereocenters. The van der Waals surface area contributed by atoms with E-state index < -0.39 is 5.97 Å². The molecule has 1 aromatic heterocycles. The van der Waals surface area contributed by atoms with Crippen LogP contribution in [0.3, 0.4) is 0 Å². The smallest absolute Gasteiger partial charge is 0.323 e. The standard InChI is InChI=1S/C11H16N4O3/c1-14-4-3-9(13-14)12-11(18)15-5-2-8(7-15)6-10(16)17/h3-4,8H,2,5-7H2,1H3,(H,16,17)(H,12,13,18). The van der Waals surface area contributed by atoms with Crippen molar-refractivity contribution in [1.82, 2.24) is 14.7 Å². The zero-order chi connectivity index (χ0) is 13.1. The van der Waals surface area contributed by atoms with Crippen molar-refractivity contribution in [2.75, 3.05) is 18.4 Å². The van der Waals surface area contributed by atoms with Crippen molar-refractivity contribution >= 4 is 17.8 Å². The summed E-state index contributed by atoms with van der Waals surface area (Å²) in [7, 11) is 1.77. The molecule has 0 bridgehead atoms. The number of aryl methyl sites for hydroxylation is 1. The predicted octanol–water partition coefficient (Wildman–Crippen LogP) is 0.749. The maximum absolute atomic E-state index is 11.9. The number of amides is 2. The lowest BCUT2D eigenvalue weighted by molar-refractivity contribution is -0.138. The number of carbonyl (C=O) groups is 2. The second-order valence-electron chi connectivity index (χ2n) is 4.50. The lowest BCUT2D eigenvalue weighted by Gasteiger charge is -2.15. The molecule has 98 valence electrons. The van der Waals surface area contributed by atoms with Crippen LogP contribution in [-0.2, 0) is 11.8 Å². The Labute approximate surface area is 104 Å². The fourth-order valence-corrected chi connectivity index (χ4v) is 2.10. The number of nitrogens with zero attached hydrogens (tertiary/aromatic N) is 3. The number of aliphatic carboxylic acids is 1. The Morgan fingerprint density at radius 3 is 3.00 bits per heavy atom. The van der Waals surface area contributed by atoms with Gasteiger partial charge in [0.25, 0.3) is 0 Å². The quantitative estimate of drug-likeness (QED) is 0.831. The van der Waals surface area contributed by atoms with Crippen LogP contribution in [-0.4, -0.2) is 44.9 Å².